The standard InChI is InChI=1S/C11H20N2O/c12-8-4-5-9-13-11(14)10-6-2-1-3-7-10/h4-5,10H,1-3,6-9,12H2,(H,13,14)/b5-4+. The predicted molar refractivity (Wildman–Crippen MR) is 57.8 cm³/mol. The Morgan fingerprint density at radius 1 is 1.29 bits per heavy atom. The van der Waals surface area contributed by atoms with Gasteiger partial charge in [0.1, 0.15) is 0 Å². The normalized spacial score (nSPS) is 18.6. The van der Waals surface area contributed by atoms with Crippen LogP contribution in [0.1, 0.15) is 32.1 Å². The summed E-state index contributed by atoms with van der Waals surface area (Å²) in [5, 5.41) is 2.91. The fourth-order valence-corrected chi connectivity index (χ4v) is 1.85. The second kappa shape index (κ2) is 6.60. The molecule has 0 aliphatic heterocycles. The Kier molecular flexibility index (Phi) is 5.30. The van der Waals surface area contributed by atoms with Crippen molar-refractivity contribution in [2.45, 2.75) is 32.1 Å². The molecule has 3 N–H and O–H groups in total. The van der Waals surface area contributed by atoms with Crippen LogP contribution in [0.25, 0.3) is 0 Å². The van der Waals surface area contributed by atoms with Gasteiger partial charge in [0.2, 0.25) is 5.91 Å². The molecule has 0 bridgehead atoms. The molecule has 1 rings (SSSR count). The van der Waals surface area contributed by atoms with Crippen molar-refractivity contribution >= 4 is 5.91 Å². The fourth-order valence-electron chi connectivity index (χ4n) is 1.85. The van der Waals surface area contributed by atoms with Crippen LogP contribution in [0.15, 0.2) is 12.2 Å². The topological polar surface area (TPSA) is 55.1 Å². The predicted octanol–water partition coefficient (Wildman–Crippen LogP) is 1.20. The van der Waals surface area contributed by atoms with Gasteiger partial charge in [-0.05, 0) is 12.8 Å². The fraction of sp³-hybridized carbons (Fsp3) is 0.727. The van der Waals surface area contributed by atoms with Gasteiger partial charge < -0.3 is 11.1 Å². The highest BCUT2D eigenvalue weighted by molar-refractivity contribution is 5.78. The van der Waals surface area contributed by atoms with E-state index in [1.54, 1.807) is 0 Å². The van der Waals surface area contributed by atoms with E-state index in [2.05, 4.69) is 5.32 Å². The van der Waals surface area contributed by atoms with Crippen LogP contribution in [0.4, 0.5) is 0 Å². The van der Waals surface area contributed by atoms with Crippen molar-refractivity contribution in [3.63, 3.8) is 0 Å². The minimum atomic E-state index is 0.214. The first-order chi connectivity index (χ1) is 6.84. The molecule has 0 heterocycles. The summed E-state index contributed by atoms with van der Waals surface area (Å²) in [4.78, 5) is 11.6. The van der Waals surface area contributed by atoms with Gasteiger partial charge >= 0.3 is 0 Å². The van der Waals surface area contributed by atoms with Gasteiger partial charge in [0.05, 0.1) is 0 Å². The lowest BCUT2D eigenvalue weighted by molar-refractivity contribution is -0.125. The van der Waals surface area contributed by atoms with Crippen molar-refractivity contribution in [1.29, 1.82) is 0 Å². The molecule has 80 valence electrons. The quantitative estimate of drug-likeness (QED) is 0.664. The molecule has 1 amide bonds. The zero-order chi connectivity index (χ0) is 10.2. The van der Waals surface area contributed by atoms with Gasteiger partial charge in [-0.25, -0.2) is 0 Å². The third kappa shape index (κ3) is 3.92. The van der Waals surface area contributed by atoms with Crippen molar-refractivity contribution in [3.8, 4) is 0 Å². The smallest absolute Gasteiger partial charge is 0.223 e. The molecule has 0 spiro atoms. The summed E-state index contributed by atoms with van der Waals surface area (Å²) in [6, 6.07) is 0. The molecule has 1 aliphatic carbocycles. The Morgan fingerprint density at radius 2 is 2.00 bits per heavy atom. The summed E-state index contributed by atoms with van der Waals surface area (Å²) < 4.78 is 0. The second-order valence-corrected chi connectivity index (χ2v) is 3.79. The molecular weight excluding hydrogens is 176 g/mol. The van der Waals surface area contributed by atoms with Crippen LogP contribution in [0, 0.1) is 5.92 Å². The van der Waals surface area contributed by atoms with Crippen LogP contribution in [0.3, 0.4) is 0 Å². The maximum Gasteiger partial charge on any atom is 0.223 e. The maximum absolute atomic E-state index is 11.6. The van der Waals surface area contributed by atoms with Crippen molar-refractivity contribution in [3.05, 3.63) is 12.2 Å². The van der Waals surface area contributed by atoms with Crippen molar-refractivity contribution in [2.75, 3.05) is 13.1 Å². The zero-order valence-corrected chi connectivity index (χ0v) is 8.67. The molecule has 0 aromatic rings. The van der Waals surface area contributed by atoms with Gasteiger partial charge in [0.15, 0.2) is 0 Å². The Labute approximate surface area is 85.7 Å². The Bertz CT molecular complexity index is 195. The van der Waals surface area contributed by atoms with E-state index in [0.717, 1.165) is 12.8 Å². The van der Waals surface area contributed by atoms with E-state index in [-0.39, 0.29) is 11.8 Å². The van der Waals surface area contributed by atoms with E-state index in [4.69, 9.17) is 5.73 Å². The molecule has 3 nitrogen and oxygen atoms in total. The lowest BCUT2D eigenvalue weighted by Gasteiger charge is -2.20. The first-order valence-electron chi connectivity index (χ1n) is 5.47. The van der Waals surface area contributed by atoms with Gasteiger partial charge in [-0.3, -0.25) is 4.79 Å². The van der Waals surface area contributed by atoms with E-state index < -0.39 is 0 Å². The number of rotatable bonds is 4. The molecule has 14 heavy (non-hydrogen) atoms. The summed E-state index contributed by atoms with van der Waals surface area (Å²) in [5.41, 5.74) is 5.29. The first kappa shape index (κ1) is 11.2. The van der Waals surface area contributed by atoms with Crippen LogP contribution < -0.4 is 11.1 Å². The van der Waals surface area contributed by atoms with Crippen molar-refractivity contribution < 1.29 is 4.79 Å². The largest absolute Gasteiger partial charge is 0.352 e. The maximum atomic E-state index is 11.6. The molecule has 0 atom stereocenters. The van der Waals surface area contributed by atoms with Gasteiger partial charge in [-0.15, -0.1) is 0 Å². The number of hydrogen-bond acceptors (Lipinski definition) is 2. The Balaban J connectivity index is 2.16. The second-order valence-electron chi connectivity index (χ2n) is 3.79. The number of carbonyl (C=O) groups is 1. The summed E-state index contributed by atoms with van der Waals surface area (Å²) >= 11 is 0. The van der Waals surface area contributed by atoms with Crippen molar-refractivity contribution in [2.24, 2.45) is 11.7 Å². The number of nitrogens with one attached hydrogen (secondary N) is 1. The number of amides is 1. The van der Waals surface area contributed by atoms with E-state index in [1.165, 1.54) is 19.3 Å². The van der Waals surface area contributed by atoms with Gasteiger partial charge in [-0.1, -0.05) is 31.4 Å². The average molecular weight is 196 g/mol. The minimum Gasteiger partial charge on any atom is -0.352 e. The molecular formula is C11H20N2O. The SMILES string of the molecule is NC/C=C/CNC(=O)C1CCCCC1. The van der Waals surface area contributed by atoms with Crippen LogP contribution >= 0.6 is 0 Å². The summed E-state index contributed by atoms with van der Waals surface area (Å²) in [6.07, 6.45) is 9.59. The third-order valence-electron chi connectivity index (χ3n) is 2.67. The van der Waals surface area contributed by atoms with Crippen LogP contribution in [0.2, 0.25) is 0 Å². The minimum absolute atomic E-state index is 0.214. The highest BCUT2D eigenvalue weighted by Gasteiger charge is 2.19. The molecule has 1 aliphatic rings. The summed E-state index contributed by atoms with van der Waals surface area (Å²) in [7, 11) is 0. The van der Waals surface area contributed by atoms with Gasteiger partial charge in [0.25, 0.3) is 0 Å². The molecule has 0 saturated heterocycles. The number of carbonyl (C=O) groups excluding carboxylic acids is 1. The average Bonchev–Trinajstić information content (AvgIpc) is 2.25. The highest BCUT2D eigenvalue weighted by atomic mass is 16.1. The van der Waals surface area contributed by atoms with Crippen LogP contribution in [-0.2, 0) is 4.79 Å². The van der Waals surface area contributed by atoms with Gasteiger partial charge in [-0.2, -0.15) is 0 Å². The molecule has 0 unspecified atom stereocenters. The molecule has 0 aromatic heterocycles. The summed E-state index contributed by atoms with van der Waals surface area (Å²) in [6.45, 7) is 1.16. The molecule has 3 heteroatoms. The van der Waals surface area contributed by atoms with E-state index in [9.17, 15) is 4.79 Å². The zero-order valence-electron chi connectivity index (χ0n) is 8.67. The lowest BCUT2D eigenvalue weighted by Crippen LogP contribution is -2.31. The van der Waals surface area contributed by atoms with E-state index in [1.807, 2.05) is 12.2 Å². The van der Waals surface area contributed by atoms with E-state index >= 15 is 0 Å². The monoisotopic (exact) mass is 196 g/mol. The van der Waals surface area contributed by atoms with Gasteiger partial charge in [0, 0.05) is 19.0 Å². The molecule has 0 aromatic carbocycles. The van der Waals surface area contributed by atoms with Crippen molar-refractivity contribution in [1.82, 2.24) is 5.32 Å². The van der Waals surface area contributed by atoms with Crippen LogP contribution in [-0.4, -0.2) is 19.0 Å². The Morgan fingerprint density at radius 3 is 2.64 bits per heavy atom. The summed E-state index contributed by atoms with van der Waals surface area (Å²) in [5.74, 6) is 0.474. The molecule has 0 radical (unpaired) electrons. The Hall–Kier alpha value is -0.830. The number of hydrogen-bond donors (Lipinski definition) is 2. The third-order valence-corrected chi connectivity index (χ3v) is 2.67. The van der Waals surface area contributed by atoms with Crippen LogP contribution in [0.5, 0.6) is 0 Å². The van der Waals surface area contributed by atoms with E-state index in [0.29, 0.717) is 13.1 Å². The molecule has 1 fully saturated rings. The molecule has 1 saturated carbocycles. The number of nitrogens with two attached hydrogens (primary N) is 1. The highest BCUT2D eigenvalue weighted by Crippen LogP contribution is 2.23. The lowest BCUT2D eigenvalue weighted by atomic mass is 9.89. The first-order valence-corrected chi connectivity index (χ1v) is 5.47.